The van der Waals surface area contributed by atoms with E-state index in [1.165, 1.54) is 0 Å². The third-order valence-electron chi connectivity index (χ3n) is 8.70. The van der Waals surface area contributed by atoms with Gasteiger partial charge in [0.15, 0.2) is 0 Å². The van der Waals surface area contributed by atoms with Gasteiger partial charge in [-0.2, -0.15) is 0 Å². The molecule has 0 aliphatic rings. The zero-order valence-corrected chi connectivity index (χ0v) is 35.2. The van der Waals surface area contributed by atoms with Crippen molar-refractivity contribution in [2.24, 2.45) is 5.41 Å². The van der Waals surface area contributed by atoms with Crippen LogP contribution in [0, 0.1) is 33.1 Å². The Morgan fingerprint density at radius 2 is 1.06 bits per heavy atom. The van der Waals surface area contributed by atoms with Gasteiger partial charge in [-0.1, -0.05) is 133 Å². The largest absolute Gasteiger partial charge is 0.439 e. The van der Waals surface area contributed by atoms with E-state index in [1.807, 2.05) is 66.8 Å². The summed E-state index contributed by atoms with van der Waals surface area (Å²) in [7, 11) is -3.20. The van der Waals surface area contributed by atoms with E-state index in [0.717, 1.165) is 72.6 Å². The van der Waals surface area contributed by atoms with Gasteiger partial charge in [0, 0.05) is 16.5 Å². The van der Waals surface area contributed by atoms with Crippen molar-refractivity contribution in [3.05, 3.63) is 174 Å². The molecular formula is C48H54O4P2. The van der Waals surface area contributed by atoms with Crippen molar-refractivity contribution in [1.82, 2.24) is 0 Å². The number of rotatable bonds is 13. The van der Waals surface area contributed by atoms with Crippen LogP contribution in [-0.2, 0) is 9.94 Å². The molecule has 0 N–H and O–H groups in total. The lowest BCUT2D eigenvalue weighted by molar-refractivity contribution is 0.297. The maximum Gasteiger partial charge on any atom is 0.326 e. The van der Waals surface area contributed by atoms with Crippen LogP contribution in [0.2, 0.25) is 0 Å². The Labute approximate surface area is 326 Å². The lowest BCUT2D eigenvalue weighted by atomic mass is 9.86. The van der Waals surface area contributed by atoms with Crippen LogP contribution in [0.1, 0.15) is 69.4 Å². The smallest absolute Gasteiger partial charge is 0.326 e. The highest BCUT2D eigenvalue weighted by Gasteiger charge is 2.30. The molecule has 5 rings (SSSR count). The second-order valence-corrected chi connectivity index (χ2v) is 18.4. The number of hydrogen-bond donors (Lipinski definition) is 0. The van der Waals surface area contributed by atoms with Crippen molar-refractivity contribution >= 4 is 27.4 Å². The molecule has 4 nitrogen and oxygen atoms in total. The van der Waals surface area contributed by atoms with Gasteiger partial charge in [0.2, 0.25) is 0 Å². The lowest BCUT2D eigenvalue weighted by Crippen LogP contribution is -2.16. The van der Waals surface area contributed by atoms with E-state index in [4.69, 9.17) is 18.1 Å². The van der Waals surface area contributed by atoms with Gasteiger partial charge in [-0.25, -0.2) is 0 Å². The number of hydrogen-bond acceptors (Lipinski definition) is 4. The molecule has 0 saturated heterocycles. The average Bonchev–Trinajstić information content (AvgIpc) is 3.12. The van der Waals surface area contributed by atoms with E-state index in [9.17, 15) is 0 Å². The highest BCUT2D eigenvalue weighted by molar-refractivity contribution is 7.57. The van der Waals surface area contributed by atoms with Crippen LogP contribution in [-0.4, -0.2) is 0 Å². The Morgan fingerprint density at radius 3 is 1.56 bits per heavy atom. The summed E-state index contributed by atoms with van der Waals surface area (Å²) >= 11 is 0. The van der Waals surface area contributed by atoms with E-state index in [-0.39, 0.29) is 10.8 Å². The molecule has 2 unspecified atom stereocenters. The van der Waals surface area contributed by atoms with Gasteiger partial charge in [0.05, 0.1) is 10.6 Å². The van der Waals surface area contributed by atoms with E-state index in [2.05, 4.69) is 136 Å². The molecule has 0 fully saturated rings. The van der Waals surface area contributed by atoms with Crippen molar-refractivity contribution in [2.45, 2.75) is 74.7 Å². The SMILES string of the molecule is C=C/C=C\C=C(/OP(Oc1c(C)cc(C)cc1-c1cc(C)cc(C)c1OP(Oc1ccccc1C(C)(C)C)c1ccccc1)c1ccccc1)C(C)(C)C. The lowest BCUT2D eigenvalue weighted by Gasteiger charge is -2.29. The van der Waals surface area contributed by atoms with Crippen LogP contribution in [0.4, 0.5) is 0 Å². The molecule has 280 valence electrons. The molecule has 5 aromatic carbocycles. The zero-order valence-electron chi connectivity index (χ0n) is 33.4. The minimum Gasteiger partial charge on any atom is -0.439 e. The van der Waals surface area contributed by atoms with E-state index in [0.29, 0.717) is 0 Å². The minimum absolute atomic E-state index is 0.117. The Balaban J connectivity index is 1.66. The van der Waals surface area contributed by atoms with Crippen LogP contribution in [0.25, 0.3) is 11.1 Å². The van der Waals surface area contributed by atoms with Crippen LogP contribution >= 0.6 is 16.8 Å². The van der Waals surface area contributed by atoms with Gasteiger partial charge in [-0.05, 0) is 109 Å². The second kappa shape index (κ2) is 17.7. The Hall–Kier alpha value is -4.62. The predicted molar refractivity (Wildman–Crippen MR) is 232 cm³/mol. The average molecular weight is 757 g/mol. The number of benzene rings is 5. The van der Waals surface area contributed by atoms with Gasteiger partial charge in [0.25, 0.3) is 0 Å². The second-order valence-electron chi connectivity index (χ2n) is 15.6. The first-order chi connectivity index (χ1) is 25.7. The van der Waals surface area contributed by atoms with Crippen molar-refractivity contribution in [3.8, 4) is 28.4 Å². The number of aryl methyl sites for hydroxylation is 4. The molecule has 6 heteroatoms. The molecule has 0 radical (unpaired) electrons. The van der Waals surface area contributed by atoms with Crippen molar-refractivity contribution in [1.29, 1.82) is 0 Å². The molecule has 0 aromatic heterocycles. The fourth-order valence-electron chi connectivity index (χ4n) is 6.05. The summed E-state index contributed by atoms with van der Waals surface area (Å²) in [5, 5.41) is 1.95. The highest BCUT2D eigenvalue weighted by Crippen LogP contribution is 2.52. The highest BCUT2D eigenvalue weighted by atomic mass is 31.2. The molecule has 0 amide bonds. The van der Waals surface area contributed by atoms with Crippen LogP contribution in [0.15, 0.2) is 146 Å². The molecule has 0 bridgehead atoms. The van der Waals surface area contributed by atoms with Gasteiger partial charge in [0.1, 0.15) is 23.0 Å². The molecule has 0 aliphatic heterocycles. The standard InChI is InChI=1S/C48H54O4P2/c1-12-13-16-29-44(48(9,10)11)50-54(39-25-19-15-20-26-39)52-46-37(5)31-35(3)33-41(46)40-32-34(2)30-36(4)45(40)51-53(38-23-17-14-18-24-38)49-43-28-22-21-27-42(43)47(6,7)8/h12-33H,1H2,2-11H3/b16-13-,44-29-. The predicted octanol–water partition coefficient (Wildman–Crippen LogP) is 13.7. The Kier molecular flexibility index (Phi) is 13.3. The molecule has 0 aliphatic carbocycles. The Morgan fingerprint density at radius 1 is 0.574 bits per heavy atom. The summed E-state index contributed by atoms with van der Waals surface area (Å²) in [6, 6.07) is 37.4. The monoisotopic (exact) mass is 756 g/mol. The van der Waals surface area contributed by atoms with Crippen LogP contribution < -0.4 is 24.2 Å². The fourth-order valence-corrected chi connectivity index (χ4v) is 9.04. The number of para-hydroxylation sites is 1. The fraction of sp³-hybridized carbons (Fsp3) is 0.250. The molecule has 0 saturated carbocycles. The molecule has 0 heterocycles. The zero-order chi connectivity index (χ0) is 39.0. The third-order valence-corrected chi connectivity index (χ3v) is 11.6. The van der Waals surface area contributed by atoms with Gasteiger partial charge >= 0.3 is 16.8 Å². The van der Waals surface area contributed by atoms with Gasteiger partial charge < -0.3 is 18.1 Å². The quantitative estimate of drug-likeness (QED) is 0.0681. The summed E-state index contributed by atoms with van der Waals surface area (Å²) in [5.74, 6) is 3.15. The minimum atomic E-state index is -1.60. The van der Waals surface area contributed by atoms with E-state index >= 15 is 0 Å². The summed E-state index contributed by atoms with van der Waals surface area (Å²) in [4.78, 5) is 0. The van der Waals surface area contributed by atoms with Gasteiger partial charge in [-0.15, -0.1) is 0 Å². The third kappa shape index (κ3) is 10.3. The number of allylic oxidation sites excluding steroid dienone is 5. The summed E-state index contributed by atoms with van der Waals surface area (Å²) < 4.78 is 28.2. The topological polar surface area (TPSA) is 36.9 Å². The maximum absolute atomic E-state index is 7.17. The molecule has 5 aromatic rings. The molecule has 54 heavy (non-hydrogen) atoms. The van der Waals surface area contributed by atoms with Crippen molar-refractivity contribution in [3.63, 3.8) is 0 Å². The van der Waals surface area contributed by atoms with Crippen LogP contribution in [0.5, 0.6) is 17.2 Å². The summed E-state index contributed by atoms with van der Waals surface area (Å²) in [6.45, 7) is 25.3. The summed E-state index contributed by atoms with van der Waals surface area (Å²) in [6.07, 6.45) is 7.63. The van der Waals surface area contributed by atoms with Gasteiger partial charge in [-0.3, -0.25) is 0 Å². The van der Waals surface area contributed by atoms with Crippen molar-refractivity contribution < 1.29 is 18.1 Å². The Bertz CT molecular complexity index is 2110. The molecular weight excluding hydrogens is 702 g/mol. The molecule has 2 atom stereocenters. The normalized spacial score (nSPS) is 13.3. The van der Waals surface area contributed by atoms with Crippen molar-refractivity contribution in [2.75, 3.05) is 0 Å². The molecule has 0 spiro atoms. The summed E-state index contributed by atoms with van der Waals surface area (Å²) in [5.41, 5.74) is 6.88. The first kappa shape index (κ1) is 40.6. The maximum atomic E-state index is 7.17. The van der Waals surface area contributed by atoms with E-state index in [1.54, 1.807) is 6.08 Å². The van der Waals surface area contributed by atoms with Crippen LogP contribution in [0.3, 0.4) is 0 Å². The first-order valence-electron chi connectivity index (χ1n) is 18.4. The first-order valence-corrected chi connectivity index (χ1v) is 20.8. The van der Waals surface area contributed by atoms with E-state index < -0.39 is 16.8 Å².